The third-order valence-electron chi connectivity index (χ3n) is 2.58. The van der Waals surface area contributed by atoms with Crippen LogP contribution in [0.3, 0.4) is 0 Å². The number of nitrogens with zero attached hydrogens (tertiary/aromatic N) is 4. The number of rotatable bonds is 3. The van der Waals surface area contributed by atoms with Crippen LogP contribution in [-0.4, -0.2) is 35.7 Å². The van der Waals surface area contributed by atoms with Crippen molar-refractivity contribution in [1.82, 2.24) is 9.47 Å². The van der Waals surface area contributed by atoms with Crippen LogP contribution in [0.4, 0.5) is 5.69 Å². The van der Waals surface area contributed by atoms with E-state index >= 15 is 0 Å². The quantitative estimate of drug-likeness (QED) is 0.809. The van der Waals surface area contributed by atoms with Crippen LogP contribution in [0.1, 0.15) is 11.1 Å². The zero-order chi connectivity index (χ0) is 13.2. The maximum atomic E-state index is 12.1. The van der Waals surface area contributed by atoms with Gasteiger partial charge in [-0.3, -0.25) is 14.3 Å². The highest BCUT2D eigenvalue weighted by molar-refractivity contribution is 5.50. The predicted octanol–water partition coefficient (Wildman–Crippen LogP) is 1.40. The summed E-state index contributed by atoms with van der Waals surface area (Å²) in [4.78, 5) is 13.9. The molecule has 1 rings (SSSR count). The molecule has 0 unspecified atom stereocenters. The van der Waals surface area contributed by atoms with Crippen LogP contribution in [0.5, 0.6) is 5.88 Å². The molecule has 1 aromatic rings. The first-order chi connectivity index (χ1) is 7.90. The van der Waals surface area contributed by atoms with Crippen molar-refractivity contribution in [3.8, 4) is 5.88 Å². The van der Waals surface area contributed by atoms with Gasteiger partial charge in [-0.05, 0) is 33.5 Å². The minimum absolute atomic E-state index is 0.0174. The van der Waals surface area contributed by atoms with Gasteiger partial charge in [0, 0.05) is 12.6 Å². The fourth-order valence-electron chi connectivity index (χ4n) is 1.56. The van der Waals surface area contributed by atoms with Gasteiger partial charge >= 0.3 is 0 Å². The average molecular weight is 238 g/mol. The molecule has 6 nitrogen and oxygen atoms in total. The monoisotopic (exact) mass is 238 g/mol. The van der Waals surface area contributed by atoms with E-state index in [0.717, 1.165) is 0 Å². The smallest absolute Gasteiger partial charge is 0.282 e. The highest BCUT2D eigenvalue weighted by Gasteiger charge is 2.16. The van der Waals surface area contributed by atoms with Crippen LogP contribution in [0.25, 0.3) is 0 Å². The van der Waals surface area contributed by atoms with Gasteiger partial charge in [0.1, 0.15) is 0 Å². The summed E-state index contributed by atoms with van der Waals surface area (Å²) < 4.78 is 1.28. The van der Waals surface area contributed by atoms with Crippen molar-refractivity contribution < 1.29 is 5.11 Å². The summed E-state index contributed by atoms with van der Waals surface area (Å²) in [6, 6.07) is 0. The summed E-state index contributed by atoms with van der Waals surface area (Å²) in [5.41, 5.74) is 1.26. The van der Waals surface area contributed by atoms with Gasteiger partial charge in [0.2, 0.25) is 0 Å². The van der Waals surface area contributed by atoms with Crippen molar-refractivity contribution >= 4 is 5.69 Å². The molecule has 0 bridgehead atoms. The molecule has 0 aromatic carbocycles. The average Bonchev–Trinajstić information content (AvgIpc) is 2.27. The molecule has 0 aliphatic heterocycles. The molecule has 0 atom stereocenters. The predicted molar refractivity (Wildman–Crippen MR) is 66.0 cm³/mol. The molecule has 17 heavy (non-hydrogen) atoms. The zero-order valence-corrected chi connectivity index (χ0v) is 10.9. The van der Waals surface area contributed by atoms with Crippen molar-refractivity contribution in [2.75, 3.05) is 21.1 Å². The normalized spacial score (nSPS) is 11.6. The van der Waals surface area contributed by atoms with E-state index in [1.807, 2.05) is 14.1 Å². The lowest BCUT2D eigenvalue weighted by Gasteiger charge is -2.17. The zero-order valence-electron chi connectivity index (χ0n) is 10.9. The number of hydrogen-bond donors (Lipinski definition) is 1. The molecule has 1 N–H and O–H groups in total. The summed E-state index contributed by atoms with van der Waals surface area (Å²) in [5.74, 6) is -0.0174. The van der Waals surface area contributed by atoms with E-state index < -0.39 is 0 Å². The largest absolute Gasteiger partial charge is 0.494 e. The Morgan fingerprint density at radius 1 is 1.29 bits per heavy atom. The van der Waals surface area contributed by atoms with E-state index in [-0.39, 0.29) is 17.1 Å². The Balaban J connectivity index is 3.56. The Labute approximate surface area is 100 Å². The van der Waals surface area contributed by atoms with Crippen molar-refractivity contribution in [2.45, 2.75) is 20.5 Å². The molecule has 94 valence electrons. The highest BCUT2D eigenvalue weighted by Crippen LogP contribution is 2.25. The van der Waals surface area contributed by atoms with Crippen molar-refractivity contribution in [3.05, 3.63) is 21.5 Å². The van der Waals surface area contributed by atoms with E-state index in [1.54, 1.807) is 18.7 Å². The van der Waals surface area contributed by atoms with Gasteiger partial charge in [-0.2, -0.15) is 10.2 Å². The fraction of sp³-hybridized carbons (Fsp3) is 0.545. The molecule has 1 aromatic heterocycles. The van der Waals surface area contributed by atoms with Gasteiger partial charge in [0.25, 0.3) is 5.56 Å². The first kappa shape index (κ1) is 13.4. The minimum atomic E-state index is -0.329. The molecule has 0 fully saturated rings. The van der Waals surface area contributed by atoms with E-state index in [1.165, 1.54) is 11.6 Å². The Morgan fingerprint density at radius 2 is 1.88 bits per heavy atom. The summed E-state index contributed by atoms with van der Waals surface area (Å²) in [7, 11) is 5.15. The van der Waals surface area contributed by atoms with Crippen LogP contribution in [-0.2, 0) is 6.67 Å². The molecule has 0 aliphatic rings. The molecule has 0 radical (unpaired) electrons. The molecule has 0 spiro atoms. The van der Waals surface area contributed by atoms with Crippen LogP contribution < -0.4 is 5.56 Å². The minimum Gasteiger partial charge on any atom is -0.494 e. The topological polar surface area (TPSA) is 70.2 Å². The van der Waals surface area contributed by atoms with Crippen LogP contribution >= 0.6 is 0 Å². The van der Waals surface area contributed by atoms with Crippen molar-refractivity contribution in [2.24, 2.45) is 10.2 Å². The summed E-state index contributed by atoms with van der Waals surface area (Å²) in [5, 5.41) is 17.4. The first-order valence-corrected chi connectivity index (χ1v) is 5.27. The molecule has 0 amide bonds. The molecule has 0 aliphatic carbocycles. The Morgan fingerprint density at radius 3 is 2.35 bits per heavy atom. The van der Waals surface area contributed by atoms with E-state index in [0.29, 0.717) is 17.8 Å². The lowest BCUT2D eigenvalue weighted by atomic mass is 10.1. The number of pyridine rings is 1. The van der Waals surface area contributed by atoms with Crippen LogP contribution in [0, 0.1) is 13.8 Å². The summed E-state index contributed by atoms with van der Waals surface area (Å²) in [6.07, 6.45) is 0. The summed E-state index contributed by atoms with van der Waals surface area (Å²) >= 11 is 0. The second-order valence-corrected chi connectivity index (χ2v) is 4.18. The molecule has 0 saturated carbocycles. The maximum Gasteiger partial charge on any atom is 0.282 e. The standard InChI is InChI=1S/C11H18N4O2/c1-7-8(2)10(16)15(6-14(4)5)11(17)9(7)13-12-3/h16H,6H2,1-5H3. The third-order valence-corrected chi connectivity index (χ3v) is 2.58. The van der Waals surface area contributed by atoms with E-state index in [2.05, 4.69) is 10.2 Å². The van der Waals surface area contributed by atoms with Crippen molar-refractivity contribution in [1.29, 1.82) is 0 Å². The fourth-order valence-corrected chi connectivity index (χ4v) is 1.56. The second kappa shape index (κ2) is 5.09. The summed E-state index contributed by atoms with van der Waals surface area (Å²) in [6.45, 7) is 3.81. The SMILES string of the molecule is CN=Nc1c(C)c(C)c(O)n(CN(C)C)c1=O. The molecule has 1 heterocycles. The van der Waals surface area contributed by atoms with Gasteiger partial charge < -0.3 is 5.11 Å². The Hall–Kier alpha value is -1.69. The van der Waals surface area contributed by atoms with Gasteiger partial charge in [0.05, 0.1) is 6.67 Å². The van der Waals surface area contributed by atoms with E-state index in [4.69, 9.17) is 0 Å². The maximum absolute atomic E-state index is 12.1. The first-order valence-electron chi connectivity index (χ1n) is 5.27. The lowest BCUT2D eigenvalue weighted by molar-refractivity contribution is 0.287. The lowest BCUT2D eigenvalue weighted by Crippen LogP contribution is -2.28. The number of aromatic hydroxyl groups is 1. The van der Waals surface area contributed by atoms with Gasteiger partial charge in [-0.25, -0.2) is 0 Å². The van der Waals surface area contributed by atoms with Crippen LogP contribution in [0.15, 0.2) is 15.0 Å². The van der Waals surface area contributed by atoms with Gasteiger partial charge in [-0.15, -0.1) is 0 Å². The van der Waals surface area contributed by atoms with Crippen molar-refractivity contribution in [3.63, 3.8) is 0 Å². The molecule has 6 heteroatoms. The second-order valence-electron chi connectivity index (χ2n) is 4.18. The Bertz CT molecular complexity index is 503. The molecular weight excluding hydrogens is 220 g/mol. The highest BCUT2D eigenvalue weighted by atomic mass is 16.3. The third kappa shape index (κ3) is 2.52. The number of azo groups is 1. The van der Waals surface area contributed by atoms with Crippen LogP contribution in [0.2, 0.25) is 0 Å². The van der Waals surface area contributed by atoms with Gasteiger partial charge in [0.15, 0.2) is 11.6 Å². The molecular formula is C11H18N4O2. The molecule has 0 saturated heterocycles. The number of hydrogen-bond acceptors (Lipinski definition) is 5. The number of aromatic nitrogens is 1. The Kier molecular flexibility index (Phi) is 4.01. The van der Waals surface area contributed by atoms with Gasteiger partial charge in [-0.1, -0.05) is 0 Å². The van der Waals surface area contributed by atoms with E-state index in [9.17, 15) is 9.90 Å².